The standard InChI is InChI=1S/C11H20/c1-8(2)11-7-9(3)5-6-10(11)4/h7-10H,5-6H2,1-4H3. The van der Waals surface area contributed by atoms with Crippen molar-refractivity contribution >= 4 is 0 Å². The Balaban J connectivity index is 2.71. The SMILES string of the molecule is CC1C=C(C(C)C)C(C)CC1. The van der Waals surface area contributed by atoms with Crippen molar-refractivity contribution in [3.63, 3.8) is 0 Å². The summed E-state index contributed by atoms with van der Waals surface area (Å²) in [5.74, 6) is 2.42. The molecule has 0 radical (unpaired) electrons. The molecule has 1 rings (SSSR count). The predicted molar refractivity (Wildman–Crippen MR) is 50.5 cm³/mol. The van der Waals surface area contributed by atoms with Crippen LogP contribution in [0, 0.1) is 17.8 Å². The van der Waals surface area contributed by atoms with Gasteiger partial charge in [-0.2, -0.15) is 0 Å². The van der Waals surface area contributed by atoms with Gasteiger partial charge in [-0.25, -0.2) is 0 Å². The van der Waals surface area contributed by atoms with E-state index < -0.39 is 0 Å². The van der Waals surface area contributed by atoms with Crippen molar-refractivity contribution in [2.24, 2.45) is 17.8 Å². The van der Waals surface area contributed by atoms with E-state index in [1.807, 2.05) is 0 Å². The van der Waals surface area contributed by atoms with Gasteiger partial charge in [0.1, 0.15) is 0 Å². The smallest absolute Gasteiger partial charge is 0.0229 e. The Morgan fingerprint density at radius 2 is 1.91 bits per heavy atom. The Morgan fingerprint density at radius 1 is 1.27 bits per heavy atom. The lowest BCUT2D eigenvalue weighted by molar-refractivity contribution is 0.443. The van der Waals surface area contributed by atoms with Crippen molar-refractivity contribution in [1.82, 2.24) is 0 Å². The summed E-state index contributed by atoms with van der Waals surface area (Å²) < 4.78 is 0. The summed E-state index contributed by atoms with van der Waals surface area (Å²) in [4.78, 5) is 0. The molecule has 0 saturated heterocycles. The molecule has 0 nitrogen and oxygen atoms in total. The van der Waals surface area contributed by atoms with Crippen LogP contribution in [0.2, 0.25) is 0 Å². The third kappa shape index (κ3) is 2.08. The van der Waals surface area contributed by atoms with E-state index in [1.165, 1.54) is 12.8 Å². The first-order valence-corrected chi connectivity index (χ1v) is 4.83. The molecule has 1 aliphatic rings. The van der Waals surface area contributed by atoms with Crippen molar-refractivity contribution < 1.29 is 0 Å². The summed E-state index contributed by atoms with van der Waals surface area (Å²) in [6.45, 7) is 9.30. The van der Waals surface area contributed by atoms with E-state index in [-0.39, 0.29) is 0 Å². The van der Waals surface area contributed by atoms with E-state index in [9.17, 15) is 0 Å². The maximum Gasteiger partial charge on any atom is -0.0229 e. The molecule has 0 saturated carbocycles. The molecule has 0 aromatic heterocycles. The van der Waals surface area contributed by atoms with Crippen molar-refractivity contribution in [1.29, 1.82) is 0 Å². The molecule has 11 heavy (non-hydrogen) atoms. The zero-order valence-corrected chi connectivity index (χ0v) is 8.22. The molecular formula is C11H20. The van der Waals surface area contributed by atoms with E-state index in [0.717, 1.165) is 17.8 Å². The third-order valence-electron chi connectivity index (χ3n) is 2.77. The van der Waals surface area contributed by atoms with Crippen LogP contribution in [-0.4, -0.2) is 0 Å². The molecule has 0 aromatic carbocycles. The lowest BCUT2D eigenvalue weighted by Crippen LogP contribution is -2.13. The molecule has 1 aliphatic carbocycles. The van der Waals surface area contributed by atoms with Gasteiger partial charge in [-0.05, 0) is 30.6 Å². The summed E-state index contributed by atoms with van der Waals surface area (Å²) in [7, 11) is 0. The average molecular weight is 152 g/mol. The summed E-state index contributed by atoms with van der Waals surface area (Å²) in [5, 5.41) is 0. The van der Waals surface area contributed by atoms with E-state index in [1.54, 1.807) is 5.57 Å². The van der Waals surface area contributed by atoms with Crippen molar-refractivity contribution in [3.05, 3.63) is 11.6 Å². The van der Waals surface area contributed by atoms with Crippen LogP contribution < -0.4 is 0 Å². The highest BCUT2D eigenvalue weighted by atomic mass is 14.2. The molecule has 0 heteroatoms. The Bertz CT molecular complexity index is 153. The van der Waals surface area contributed by atoms with Crippen LogP contribution in [0.3, 0.4) is 0 Å². The van der Waals surface area contributed by atoms with Gasteiger partial charge in [0.15, 0.2) is 0 Å². The van der Waals surface area contributed by atoms with Gasteiger partial charge in [-0.1, -0.05) is 39.3 Å². The topological polar surface area (TPSA) is 0 Å². The first kappa shape index (κ1) is 8.83. The van der Waals surface area contributed by atoms with E-state index in [4.69, 9.17) is 0 Å². The van der Waals surface area contributed by atoms with Gasteiger partial charge in [0.05, 0.1) is 0 Å². The number of allylic oxidation sites excluding steroid dienone is 2. The number of hydrogen-bond donors (Lipinski definition) is 0. The van der Waals surface area contributed by atoms with Crippen LogP contribution in [0.4, 0.5) is 0 Å². The zero-order chi connectivity index (χ0) is 8.43. The minimum absolute atomic E-state index is 0.757. The monoisotopic (exact) mass is 152 g/mol. The highest BCUT2D eigenvalue weighted by Crippen LogP contribution is 2.31. The molecule has 0 N–H and O–H groups in total. The van der Waals surface area contributed by atoms with Gasteiger partial charge in [0, 0.05) is 0 Å². The first-order valence-electron chi connectivity index (χ1n) is 4.83. The van der Waals surface area contributed by atoms with Crippen molar-refractivity contribution in [2.75, 3.05) is 0 Å². The highest BCUT2D eigenvalue weighted by molar-refractivity contribution is 5.12. The second kappa shape index (κ2) is 3.42. The molecule has 0 amide bonds. The zero-order valence-electron chi connectivity index (χ0n) is 8.22. The first-order chi connectivity index (χ1) is 5.11. The number of rotatable bonds is 1. The molecule has 0 aliphatic heterocycles. The minimum Gasteiger partial charge on any atom is -0.0820 e. The highest BCUT2D eigenvalue weighted by Gasteiger charge is 2.18. The van der Waals surface area contributed by atoms with Crippen molar-refractivity contribution in [3.8, 4) is 0 Å². The summed E-state index contributed by atoms with van der Waals surface area (Å²) in [5.41, 5.74) is 1.68. The molecule has 0 fully saturated rings. The molecule has 0 bridgehead atoms. The molecule has 0 spiro atoms. The fourth-order valence-electron chi connectivity index (χ4n) is 2.02. The molecule has 0 aromatic rings. The summed E-state index contributed by atoms with van der Waals surface area (Å²) in [6, 6.07) is 0. The van der Waals surface area contributed by atoms with Crippen LogP contribution in [0.5, 0.6) is 0 Å². The van der Waals surface area contributed by atoms with Gasteiger partial charge in [0.2, 0.25) is 0 Å². The van der Waals surface area contributed by atoms with Crippen molar-refractivity contribution in [2.45, 2.75) is 40.5 Å². The van der Waals surface area contributed by atoms with Crippen LogP contribution in [0.1, 0.15) is 40.5 Å². The van der Waals surface area contributed by atoms with Gasteiger partial charge in [0.25, 0.3) is 0 Å². The molecule has 0 heterocycles. The molecular weight excluding hydrogens is 132 g/mol. The Morgan fingerprint density at radius 3 is 2.36 bits per heavy atom. The molecule has 2 unspecified atom stereocenters. The van der Waals surface area contributed by atoms with Gasteiger partial charge >= 0.3 is 0 Å². The Kier molecular flexibility index (Phi) is 2.75. The second-order valence-electron chi connectivity index (χ2n) is 4.28. The van der Waals surface area contributed by atoms with Gasteiger partial charge in [-0.15, -0.1) is 0 Å². The minimum atomic E-state index is 0.757. The summed E-state index contributed by atoms with van der Waals surface area (Å²) >= 11 is 0. The number of hydrogen-bond acceptors (Lipinski definition) is 0. The van der Waals surface area contributed by atoms with Crippen LogP contribution in [0.15, 0.2) is 11.6 Å². The van der Waals surface area contributed by atoms with Crippen LogP contribution >= 0.6 is 0 Å². The van der Waals surface area contributed by atoms with Gasteiger partial charge in [-0.3, -0.25) is 0 Å². The van der Waals surface area contributed by atoms with E-state index in [2.05, 4.69) is 33.8 Å². The quantitative estimate of drug-likeness (QED) is 0.503. The summed E-state index contributed by atoms with van der Waals surface area (Å²) in [6.07, 6.45) is 5.27. The maximum atomic E-state index is 2.48. The molecule has 2 atom stereocenters. The van der Waals surface area contributed by atoms with Crippen LogP contribution in [0.25, 0.3) is 0 Å². The fourth-order valence-corrected chi connectivity index (χ4v) is 2.02. The Labute approximate surface area is 70.7 Å². The normalized spacial score (nSPS) is 32.3. The fraction of sp³-hybridized carbons (Fsp3) is 0.818. The van der Waals surface area contributed by atoms with E-state index in [0.29, 0.717) is 0 Å². The largest absolute Gasteiger partial charge is 0.0820 e. The van der Waals surface area contributed by atoms with Crippen LogP contribution in [-0.2, 0) is 0 Å². The van der Waals surface area contributed by atoms with E-state index >= 15 is 0 Å². The average Bonchev–Trinajstić information content (AvgIpc) is 1.94. The third-order valence-corrected chi connectivity index (χ3v) is 2.77. The second-order valence-corrected chi connectivity index (χ2v) is 4.28. The molecule has 64 valence electrons. The lowest BCUT2D eigenvalue weighted by Gasteiger charge is -2.26. The van der Waals surface area contributed by atoms with Gasteiger partial charge < -0.3 is 0 Å². The predicted octanol–water partition coefficient (Wildman–Crippen LogP) is 3.63. The Hall–Kier alpha value is -0.260. The lowest BCUT2D eigenvalue weighted by atomic mass is 9.79. The maximum absolute atomic E-state index is 2.48.